The number of carbonyl (C=O) groups excluding carboxylic acids is 1. The van der Waals surface area contributed by atoms with Gasteiger partial charge in [0, 0.05) is 31.0 Å². The highest BCUT2D eigenvalue weighted by Crippen LogP contribution is 2.25. The third kappa shape index (κ3) is 4.91. The topological polar surface area (TPSA) is 98.3 Å². The van der Waals surface area contributed by atoms with Gasteiger partial charge in [-0.1, -0.05) is 6.92 Å². The molecule has 2 atom stereocenters. The third-order valence-electron chi connectivity index (χ3n) is 4.80. The molecule has 27 heavy (non-hydrogen) atoms. The summed E-state index contributed by atoms with van der Waals surface area (Å²) >= 11 is 0. The quantitative estimate of drug-likeness (QED) is 0.721. The number of carbonyl (C=O) groups is 2. The van der Waals surface area contributed by atoms with Crippen LogP contribution in [0.1, 0.15) is 24.7 Å². The Morgan fingerprint density at radius 1 is 1.30 bits per heavy atom. The number of hydrogen-bond donors (Lipinski definition) is 3. The van der Waals surface area contributed by atoms with Crippen LogP contribution in [-0.4, -0.2) is 45.2 Å². The first-order chi connectivity index (χ1) is 12.9. The fourth-order valence-corrected chi connectivity index (χ4v) is 3.38. The highest BCUT2D eigenvalue weighted by Gasteiger charge is 2.35. The number of rotatable bonds is 6. The zero-order chi connectivity index (χ0) is 19.4. The van der Waals surface area contributed by atoms with Crippen molar-refractivity contribution in [3.05, 3.63) is 47.5 Å². The lowest BCUT2D eigenvalue weighted by atomic mass is 9.88. The van der Waals surface area contributed by atoms with Gasteiger partial charge in [-0.2, -0.15) is 5.10 Å². The minimum Gasteiger partial charge on any atom is -0.481 e. The van der Waals surface area contributed by atoms with Crippen molar-refractivity contribution in [3.63, 3.8) is 0 Å². The summed E-state index contributed by atoms with van der Waals surface area (Å²) in [6.07, 6.45) is 1.10. The number of aliphatic carboxylic acids is 1. The number of carboxylic acid groups (broad SMARTS) is 1. The normalized spacial score (nSPS) is 20.4. The van der Waals surface area contributed by atoms with Gasteiger partial charge in [-0.05, 0) is 43.2 Å². The predicted octanol–water partition coefficient (Wildman–Crippen LogP) is 2.27. The number of nitrogens with zero attached hydrogens (tertiary/aromatic N) is 2. The number of aromatic nitrogens is 2. The average Bonchev–Trinajstić information content (AvgIpc) is 3.10. The number of hydrogen-bond acceptors (Lipinski definition) is 4. The molecular weight excluding hydrogens is 351 g/mol. The van der Waals surface area contributed by atoms with Crippen LogP contribution in [0.15, 0.2) is 30.3 Å². The Morgan fingerprint density at radius 2 is 2.00 bits per heavy atom. The molecule has 0 bridgehead atoms. The number of carboxylic acids is 1. The summed E-state index contributed by atoms with van der Waals surface area (Å²) in [4.78, 5) is 26.1. The predicted molar refractivity (Wildman–Crippen MR) is 97.5 cm³/mol. The number of nitrogens with one attached hydrogen (secondary N) is 2. The van der Waals surface area contributed by atoms with E-state index < -0.39 is 17.8 Å². The summed E-state index contributed by atoms with van der Waals surface area (Å²) in [5.74, 6) is -2.61. The molecule has 2 heterocycles. The van der Waals surface area contributed by atoms with Gasteiger partial charge < -0.3 is 10.4 Å². The molecule has 1 aliphatic heterocycles. The Kier molecular flexibility index (Phi) is 5.85. The first-order valence-corrected chi connectivity index (χ1v) is 8.99. The van der Waals surface area contributed by atoms with E-state index in [9.17, 15) is 19.1 Å². The van der Waals surface area contributed by atoms with Crippen molar-refractivity contribution in [3.8, 4) is 0 Å². The number of halogens is 1. The Balaban J connectivity index is 1.68. The first-order valence-electron chi connectivity index (χ1n) is 8.99. The van der Waals surface area contributed by atoms with Crippen molar-refractivity contribution < 1.29 is 19.1 Å². The molecule has 2 aromatic rings. The lowest BCUT2D eigenvalue weighted by molar-refractivity contribution is -0.145. The molecule has 8 heteroatoms. The molecular formula is C19H23FN4O3. The number of piperidine rings is 1. The minimum absolute atomic E-state index is 0.253. The molecule has 1 aliphatic rings. The molecule has 0 unspecified atom stereocenters. The van der Waals surface area contributed by atoms with Gasteiger partial charge in [0.1, 0.15) is 5.82 Å². The molecule has 0 radical (unpaired) electrons. The minimum atomic E-state index is -0.904. The van der Waals surface area contributed by atoms with Gasteiger partial charge in [-0.15, -0.1) is 0 Å². The van der Waals surface area contributed by atoms with E-state index in [4.69, 9.17) is 0 Å². The Morgan fingerprint density at radius 3 is 2.63 bits per heavy atom. The van der Waals surface area contributed by atoms with Gasteiger partial charge in [0.2, 0.25) is 5.91 Å². The van der Waals surface area contributed by atoms with E-state index in [-0.39, 0.29) is 18.1 Å². The lowest BCUT2D eigenvalue weighted by Gasteiger charge is -2.35. The second-order valence-electron chi connectivity index (χ2n) is 6.90. The van der Waals surface area contributed by atoms with Crippen LogP contribution in [0.4, 0.5) is 10.1 Å². The van der Waals surface area contributed by atoms with Crippen LogP contribution in [0.25, 0.3) is 0 Å². The van der Waals surface area contributed by atoms with E-state index in [0.29, 0.717) is 25.3 Å². The second kappa shape index (κ2) is 8.30. The Bertz CT molecular complexity index is 806. The van der Waals surface area contributed by atoms with Crippen LogP contribution in [0.2, 0.25) is 0 Å². The van der Waals surface area contributed by atoms with E-state index >= 15 is 0 Å². The molecule has 7 nitrogen and oxygen atoms in total. The highest BCUT2D eigenvalue weighted by molar-refractivity contribution is 5.93. The van der Waals surface area contributed by atoms with Crippen molar-refractivity contribution in [1.29, 1.82) is 0 Å². The van der Waals surface area contributed by atoms with Gasteiger partial charge in [0.15, 0.2) is 0 Å². The summed E-state index contributed by atoms with van der Waals surface area (Å²) in [5.41, 5.74) is 2.34. The zero-order valence-electron chi connectivity index (χ0n) is 15.1. The van der Waals surface area contributed by atoms with Gasteiger partial charge in [0.05, 0.1) is 17.5 Å². The van der Waals surface area contributed by atoms with Crippen molar-refractivity contribution in [2.75, 3.05) is 18.4 Å². The lowest BCUT2D eigenvalue weighted by Crippen LogP contribution is -2.46. The fraction of sp³-hybridized carbons (Fsp3) is 0.421. The number of anilines is 1. The summed E-state index contributed by atoms with van der Waals surface area (Å²) in [6, 6.07) is 7.47. The van der Waals surface area contributed by atoms with Crippen LogP contribution < -0.4 is 5.32 Å². The van der Waals surface area contributed by atoms with Gasteiger partial charge >= 0.3 is 5.97 Å². The largest absolute Gasteiger partial charge is 0.481 e. The van der Waals surface area contributed by atoms with Crippen molar-refractivity contribution in [1.82, 2.24) is 15.1 Å². The number of amides is 1. The summed E-state index contributed by atoms with van der Waals surface area (Å²) < 4.78 is 13.0. The molecule has 3 rings (SSSR count). The summed E-state index contributed by atoms with van der Waals surface area (Å²) in [5, 5.41) is 19.4. The molecule has 0 aliphatic carbocycles. The van der Waals surface area contributed by atoms with Crippen LogP contribution in [0.3, 0.4) is 0 Å². The van der Waals surface area contributed by atoms with E-state index in [1.165, 1.54) is 24.3 Å². The third-order valence-corrected chi connectivity index (χ3v) is 4.80. The Hall–Kier alpha value is -2.74. The number of likely N-dealkylation sites (tertiary alicyclic amines) is 1. The SMILES string of the molecule is CCc1cc(CN2C[C@@H](C(=O)O)C[C@@H](C(=O)Nc3ccc(F)cc3)C2)[nH]n1. The van der Waals surface area contributed by atoms with Crippen molar-refractivity contribution >= 4 is 17.6 Å². The highest BCUT2D eigenvalue weighted by atomic mass is 19.1. The fourth-order valence-electron chi connectivity index (χ4n) is 3.38. The standard InChI is InChI=1S/C19H23FN4O3/c1-2-15-8-17(23-22-15)11-24-9-12(7-13(10-24)19(26)27)18(25)21-16-5-3-14(20)4-6-16/h3-6,8,12-13H,2,7,9-11H2,1H3,(H,21,25)(H,22,23)(H,26,27)/t12-,13+/m1/s1. The molecule has 1 saturated heterocycles. The first kappa shape index (κ1) is 19.0. The number of benzene rings is 1. The summed E-state index contributed by atoms with van der Waals surface area (Å²) in [6.45, 7) is 3.36. The van der Waals surface area contributed by atoms with Gasteiger partial charge in [0.25, 0.3) is 0 Å². The van der Waals surface area contributed by atoms with Crippen LogP contribution >= 0.6 is 0 Å². The maximum Gasteiger partial charge on any atom is 0.307 e. The smallest absolute Gasteiger partial charge is 0.307 e. The molecule has 1 amide bonds. The van der Waals surface area contributed by atoms with Crippen molar-refractivity contribution in [2.24, 2.45) is 11.8 Å². The second-order valence-corrected chi connectivity index (χ2v) is 6.90. The monoisotopic (exact) mass is 374 g/mol. The zero-order valence-corrected chi connectivity index (χ0v) is 15.1. The average molecular weight is 374 g/mol. The molecule has 1 aromatic heterocycles. The van der Waals surface area contributed by atoms with E-state index in [1.807, 2.05) is 17.9 Å². The van der Waals surface area contributed by atoms with Crippen LogP contribution in [-0.2, 0) is 22.6 Å². The van der Waals surface area contributed by atoms with Crippen LogP contribution in [0, 0.1) is 17.7 Å². The van der Waals surface area contributed by atoms with Gasteiger partial charge in [-0.3, -0.25) is 19.6 Å². The Labute approximate surface area is 156 Å². The number of aryl methyl sites for hydroxylation is 1. The molecule has 0 spiro atoms. The molecule has 144 valence electrons. The number of H-pyrrole nitrogens is 1. The molecule has 1 fully saturated rings. The maximum absolute atomic E-state index is 13.0. The molecule has 3 N–H and O–H groups in total. The van der Waals surface area contributed by atoms with E-state index in [2.05, 4.69) is 15.5 Å². The van der Waals surface area contributed by atoms with E-state index in [0.717, 1.165) is 17.8 Å². The van der Waals surface area contributed by atoms with Crippen molar-refractivity contribution in [2.45, 2.75) is 26.3 Å². The maximum atomic E-state index is 13.0. The van der Waals surface area contributed by atoms with Crippen LogP contribution in [0.5, 0.6) is 0 Å². The molecule has 0 saturated carbocycles. The van der Waals surface area contributed by atoms with E-state index in [1.54, 1.807) is 0 Å². The molecule has 1 aromatic carbocycles. The number of aromatic amines is 1. The summed E-state index contributed by atoms with van der Waals surface area (Å²) in [7, 11) is 0. The van der Waals surface area contributed by atoms with Gasteiger partial charge in [-0.25, -0.2) is 4.39 Å².